The number of nitrogen functional groups attached to an aromatic ring is 1. The van der Waals surface area contributed by atoms with Gasteiger partial charge in [0.2, 0.25) is 0 Å². The number of hydrogen-bond acceptors (Lipinski definition) is 3. The van der Waals surface area contributed by atoms with Crippen LogP contribution >= 0.6 is 0 Å². The van der Waals surface area contributed by atoms with Gasteiger partial charge in [-0.25, -0.2) is 4.98 Å². The number of rotatable bonds is 3. The maximum absolute atomic E-state index is 5.75. The lowest BCUT2D eigenvalue weighted by molar-refractivity contribution is 0.483. The maximum Gasteiger partial charge on any atom is 0.127 e. The van der Waals surface area contributed by atoms with Crippen LogP contribution in [0.5, 0.6) is 11.5 Å². The van der Waals surface area contributed by atoms with Crippen molar-refractivity contribution in [2.45, 2.75) is 0 Å². The molecule has 3 heteroatoms. The summed E-state index contributed by atoms with van der Waals surface area (Å²) in [5.41, 5.74) is 7.56. The van der Waals surface area contributed by atoms with Crippen LogP contribution in [0.2, 0.25) is 0 Å². The second kappa shape index (κ2) is 5.45. The van der Waals surface area contributed by atoms with Crippen LogP contribution in [0.15, 0.2) is 72.8 Å². The molecule has 1 aromatic heterocycles. The van der Waals surface area contributed by atoms with Gasteiger partial charge in [-0.15, -0.1) is 0 Å². The summed E-state index contributed by atoms with van der Waals surface area (Å²) in [4.78, 5) is 4.29. The fourth-order valence-electron chi connectivity index (χ4n) is 1.93. The van der Waals surface area contributed by atoms with E-state index in [1.54, 1.807) is 6.07 Å². The Morgan fingerprint density at radius 2 is 1.40 bits per heavy atom. The normalized spacial score (nSPS) is 10.2. The van der Waals surface area contributed by atoms with Gasteiger partial charge in [-0.2, -0.15) is 0 Å². The van der Waals surface area contributed by atoms with E-state index in [0.717, 1.165) is 22.8 Å². The van der Waals surface area contributed by atoms with Crippen molar-refractivity contribution in [2.75, 3.05) is 5.73 Å². The fourth-order valence-corrected chi connectivity index (χ4v) is 1.93. The first kappa shape index (κ1) is 12.2. The molecule has 0 atom stereocenters. The van der Waals surface area contributed by atoms with Crippen LogP contribution < -0.4 is 10.5 Å². The first-order chi connectivity index (χ1) is 9.81. The molecule has 2 N–H and O–H groups in total. The van der Waals surface area contributed by atoms with Crippen molar-refractivity contribution in [3.63, 3.8) is 0 Å². The summed E-state index contributed by atoms with van der Waals surface area (Å²) >= 11 is 0. The summed E-state index contributed by atoms with van der Waals surface area (Å²) < 4.78 is 5.75. The Morgan fingerprint density at radius 3 is 2.10 bits per heavy atom. The van der Waals surface area contributed by atoms with Crippen LogP contribution in [0, 0.1) is 0 Å². The van der Waals surface area contributed by atoms with Crippen LogP contribution in [0.3, 0.4) is 0 Å². The predicted molar refractivity (Wildman–Crippen MR) is 80.6 cm³/mol. The van der Waals surface area contributed by atoms with E-state index >= 15 is 0 Å². The highest BCUT2D eigenvalue weighted by atomic mass is 16.5. The number of benzene rings is 2. The van der Waals surface area contributed by atoms with E-state index in [1.807, 2.05) is 66.7 Å². The Kier molecular flexibility index (Phi) is 3.33. The molecule has 0 amide bonds. The Balaban J connectivity index is 1.81. The number of nitrogens with zero attached hydrogens (tertiary/aromatic N) is 1. The average molecular weight is 262 g/mol. The molecule has 98 valence electrons. The highest BCUT2D eigenvalue weighted by Crippen LogP contribution is 2.25. The first-order valence-electron chi connectivity index (χ1n) is 6.37. The lowest BCUT2D eigenvalue weighted by atomic mass is 10.1. The molecule has 2 aromatic carbocycles. The zero-order valence-electron chi connectivity index (χ0n) is 10.9. The molecule has 0 aliphatic rings. The smallest absolute Gasteiger partial charge is 0.127 e. The Bertz CT molecular complexity index is 694. The highest BCUT2D eigenvalue weighted by molar-refractivity contribution is 5.61. The van der Waals surface area contributed by atoms with Gasteiger partial charge in [0, 0.05) is 5.56 Å². The summed E-state index contributed by atoms with van der Waals surface area (Å²) in [6, 6.07) is 23.1. The summed E-state index contributed by atoms with van der Waals surface area (Å²) in [5, 5.41) is 0. The number of anilines is 1. The maximum atomic E-state index is 5.75. The third-order valence-corrected chi connectivity index (χ3v) is 2.90. The molecule has 3 rings (SSSR count). The highest BCUT2D eigenvalue weighted by Gasteiger charge is 2.01. The number of para-hydroxylation sites is 1. The van der Waals surface area contributed by atoms with Crippen molar-refractivity contribution in [1.29, 1.82) is 0 Å². The second-order valence-corrected chi connectivity index (χ2v) is 4.39. The molecule has 0 bridgehead atoms. The molecule has 1 heterocycles. The quantitative estimate of drug-likeness (QED) is 0.772. The molecule has 0 aliphatic heterocycles. The molecular weight excluding hydrogens is 248 g/mol. The molecule has 20 heavy (non-hydrogen) atoms. The summed E-state index contributed by atoms with van der Waals surface area (Å²) in [6.07, 6.45) is 0. The van der Waals surface area contributed by atoms with Crippen molar-refractivity contribution in [1.82, 2.24) is 4.98 Å². The second-order valence-electron chi connectivity index (χ2n) is 4.39. The third kappa shape index (κ3) is 2.78. The van der Waals surface area contributed by atoms with Crippen LogP contribution in [-0.2, 0) is 0 Å². The number of aromatic nitrogens is 1. The van der Waals surface area contributed by atoms with Gasteiger partial charge < -0.3 is 10.5 Å². The summed E-state index contributed by atoms with van der Waals surface area (Å²) in [7, 11) is 0. The van der Waals surface area contributed by atoms with Gasteiger partial charge in [-0.3, -0.25) is 0 Å². The molecule has 0 saturated carbocycles. The van der Waals surface area contributed by atoms with E-state index < -0.39 is 0 Å². The van der Waals surface area contributed by atoms with E-state index in [9.17, 15) is 0 Å². The van der Waals surface area contributed by atoms with Crippen LogP contribution in [0.25, 0.3) is 11.3 Å². The fraction of sp³-hybridized carbons (Fsp3) is 0. The zero-order valence-corrected chi connectivity index (χ0v) is 10.9. The summed E-state index contributed by atoms with van der Waals surface area (Å²) in [5.74, 6) is 2.14. The Labute approximate surface area is 117 Å². The van der Waals surface area contributed by atoms with Crippen molar-refractivity contribution in [3.05, 3.63) is 72.8 Å². The van der Waals surface area contributed by atoms with Gasteiger partial charge >= 0.3 is 0 Å². The Hall–Kier alpha value is -2.81. The van der Waals surface area contributed by atoms with Crippen LogP contribution in [-0.4, -0.2) is 4.98 Å². The first-order valence-corrected chi connectivity index (χ1v) is 6.37. The van der Waals surface area contributed by atoms with Gasteiger partial charge in [0.1, 0.15) is 17.3 Å². The molecule has 0 radical (unpaired) electrons. The third-order valence-electron chi connectivity index (χ3n) is 2.90. The number of pyridine rings is 1. The van der Waals surface area contributed by atoms with E-state index in [4.69, 9.17) is 10.5 Å². The zero-order chi connectivity index (χ0) is 13.8. The molecule has 0 aliphatic carbocycles. The minimum Gasteiger partial charge on any atom is -0.457 e. The molecule has 0 unspecified atom stereocenters. The summed E-state index contributed by atoms with van der Waals surface area (Å²) in [6.45, 7) is 0. The minimum atomic E-state index is 0.520. The average Bonchev–Trinajstić information content (AvgIpc) is 2.49. The monoisotopic (exact) mass is 262 g/mol. The lowest BCUT2D eigenvalue weighted by Gasteiger charge is -2.06. The number of nitrogens with two attached hydrogens (primary N) is 1. The largest absolute Gasteiger partial charge is 0.457 e. The standard InChI is InChI=1S/C17H14N2O/c18-17-8-4-7-16(19-17)13-9-11-15(12-10-13)20-14-5-2-1-3-6-14/h1-12H,(H2,18,19). The van der Waals surface area contributed by atoms with Gasteiger partial charge in [-0.05, 0) is 48.5 Å². The van der Waals surface area contributed by atoms with Gasteiger partial charge in [0.25, 0.3) is 0 Å². The molecular formula is C17H14N2O. The van der Waals surface area contributed by atoms with Crippen molar-refractivity contribution in [2.24, 2.45) is 0 Å². The van der Waals surface area contributed by atoms with E-state index in [2.05, 4.69) is 4.98 Å². The van der Waals surface area contributed by atoms with Gasteiger partial charge in [-0.1, -0.05) is 24.3 Å². The van der Waals surface area contributed by atoms with E-state index in [1.165, 1.54) is 0 Å². The van der Waals surface area contributed by atoms with Crippen LogP contribution in [0.1, 0.15) is 0 Å². The Morgan fingerprint density at radius 1 is 0.700 bits per heavy atom. The SMILES string of the molecule is Nc1cccc(-c2ccc(Oc3ccccc3)cc2)n1. The van der Waals surface area contributed by atoms with E-state index in [0.29, 0.717) is 5.82 Å². The van der Waals surface area contributed by atoms with Crippen molar-refractivity contribution >= 4 is 5.82 Å². The molecule has 0 spiro atoms. The molecule has 3 aromatic rings. The minimum absolute atomic E-state index is 0.520. The number of hydrogen-bond donors (Lipinski definition) is 1. The molecule has 3 nitrogen and oxygen atoms in total. The lowest BCUT2D eigenvalue weighted by Crippen LogP contribution is -1.91. The van der Waals surface area contributed by atoms with Crippen molar-refractivity contribution in [3.8, 4) is 22.8 Å². The van der Waals surface area contributed by atoms with Gasteiger partial charge in [0.15, 0.2) is 0 Å². The molecule has 0 fully saturated rings. The predicted octanol–water partition coefficient (Wildman–Crippen LogP) is 4.12. The van der Waals surface area contributed by atoms with E-state index in [-0.39, 0.29) is 0 Å². The van der Waals surface area contributed by atoms with Crippen molar-refractivity contribution < 1.29 is 4.74 Å². The van der Waals surface area contributed by atoms with Crippen LogP contribution in [0.4, 0.5) is 5.82 Å². The topological polar surface area (TPSA) is 48.1 Å². The number of ether oxygens (including phenoxy) is 1. The van der Waals surface area contributed by atoms with Gasteiger partial charge in [0.05, 0.1) is 5.69 Å². The molecule has 0 saturated heterocycles.